The maximum Gasteiger partial charge on any atom is 0.416 e. The number of halogens is 3. The van der Waals surface area contributed by atoms with E-state index in [2.05, 4.69) is 20.3 Å². The maximum absolute atomic E-state index is 13.3. The molecule has 0 amide bonds. The van der Waals surface area contributed by atoms with Crippen molar-refractivity contribution in [1.29, 1.82) is 0 Å². The fraction of sp³-hybridized carbons (Fsp3) is 0.350. The van der Waals surface area contributed by atoms with Crippen LogP contribution in [0.3, 0.4) is 0 Å². The molecule has 3 aromatic rings. The summed E-state index contributed by atoms with van der Waals surface area (Å²) in [5, 5.41) is 3.83. The Morgan fingerprint density at radius 2 is 1.83 bits per heavy atom. The molecule has 1 unspecified atom stereocenters. The zero-order valence-electron chi connectivity index (χ0n) is 16.8. The van der Waals surface area contributed by atoms with E-state index in [1.165, 1.54) is 13.0 Å². The minimum Gasteiger partial charge on any atom is -0.363 e. The van der Waals surface area contributed by atoms with Crippen molar-refractivity contribution >= 4 is 29.3 Å². The van der Waals surface area contributed by atoms with Crippen molar-refractivity contribution in [3.8, 4) is 0 Å². The van der Waals surface area contributed by atoms with E-state index in [0.29, 0.717) is 33.5 Å². The number of benzene rings is 1. The molecular formula is C20H22F3N4OP. The number of hydrogen-bond acceptors (Lipinski definition) is 5. The lowest BCUT2D eigenvalue weighted by Gasteiger charge is -2.21. The Morgan fingerprint density at radius 1 is 1.14 bits per heavy atom. The van der Waals surface area contributed by atoms with Crippen LogP contribution in [0, 0.1) is 13.8 Å². The van der Waals surface area contributed by atoms with Crippen LogP contribution in [-0.4, -0.2) is 28.3 Å². The molecule has 5 nitrogen and oxygen atoms in total. The van der Waals surface area contributed by atoms with Gasteiger partial charge in [-0.3, -0.25) is 4.98 Å². The van der Waals surface area contributed by atoms with Crippen LogP contribution in [0.1, 0.15) is 35.5 Å². The van der Waals surface area contributed by atoms with Crippen LogP contribution in [0.2, 0.25) is 0 Å². The summed E-state index contributed by atoms with van der Waals surface area (Å²) in [5.41, 5.74) is 1.06. The minimum atomic E-state index is -4.41. The minimum absolute atomic E-state index is 0.170. The van der Waals surface area contributed by atoms with Crippen LogP contribution in [-0.2, 0) is 10.7 Å². The van der Waals surface area contributed by atoms with Crippen LogP contribution in [0.5, 0.6) is 0 Å². The van der Waals surface area contributed by atoms with Gasteiger partial charge in [-0.15, -0.1) is 0 Å². The van der Waals surface area contributed by atoms with E-state index in [4.69, 9.17) is 0 Å². The van der Waals surface area contributed by atoms with Crippen molar-refractivity contribution in [1.82, 2.24) is 15.0 Å². The lowest BCUT2D eigenvalue weighted by Crippen LogP contribution is -2.15. The summed E-state index contributed by atoms with van der Waals surface area (Å²) in [5.74, 6) is 0.965. The summed E-state index contributed by atoms with van der Waals surface area (Å²) in [4.78, 5) is 13.0. The molecule has 1 atom stereocenters. The monoisotopic (exact) mass is 422 g/mol. The number of nitrogens with one attached hydrogen (secondary N) is 1. The average molecular weight is 422 g/mol. The molecule has 0 spiro atoms. The summed E-state index contributed by atoms with van der Waals surface area (Å²) in [7, 11) is -2.60. The number of aromatic nitrogens is 3. The number of nitrogens with zero attached hydrogens (tertiary/aromatic N) is 3. The number of fused-ring (bicyclic) bond motifs is 1. The Hall–Kier alpha value is -2.47. The van der Waals surface area contributed by atoms with Gasteiger partial charge in [0, 0.05) is 5.39 Å². The van der Waals surface area contributed by atoms with E-state index < -0.39 is 24.9 Å². The molecule has 29 heavy (non-hydrogen) atoms. The SMILES string of the molecule is Cc1nc(NC(C)c2cccc(C(F)(F)F)c2C)c2cc(P(C)(C)=O)ncc2n1. The molecule has 0 radical (unpaired) electrons. The van der Waals surface area contributed by atoms with Crippen molar-refractivity contribution in [2.45, 2.75) is 33.0 Å². The first-order valence-electron chi connectivity index (χ1n) is 9.01. The number of aryl methyl sites for hydroxylation is 1. The second-order valence-electron chi connectivity index (χ2n) is 7.41. The van der Waals surface area contributed by atoms with Gasteiger partial charge in [0.05, 0.1) is 23.3 Å². The van der Waals surface area contributed by atoms with Gasteiger partial charge in [-0.25, -0.2) is 9.97 Å². The van der Waals surface area contributed by atoms with E-state index in [9.17, 15) is 17.7 Å². The van der Waals surface area contributed by atoms with Crippen molar-refractivity contribution in [2.24, 2.45) is 0 Å². The highest BCUT2D eigenvalue weighted by Gasteiger charge is 2.33. The molecule has 0 aliphatic carbocycles. The van der Waals surface area contributed by atoms with E-state index in [-0.39, 0.29) is 5.56 Å². The van der Waals surface area contributed by atoms with Crippen LogP contribution >= 0.6 is 7.14 Å². The first kappa shape index (κ1) is 21.2. The quantitative estimate of drug-likeness (QED) is 0.594. The zero-order valence-corrected chi connectivity index (χ0v) is 17.7. The molecule has 9 heteroatoms. The zero-order chi connectivity index (χ0) is 21.6. The Morgan fingerprint density at radius 3 is 2.45 bits per heavy atom. The molecule has 1 N–H and O–H groups in total. The topological polar surface area (TPSA) is 67.8 Å². The fourth-order valence-corrected chi connectivity index (χ4v) is 4.03. The van der Waals surface area contributed by atoms with E-state index >= 15 is 0 Å². The molecule has 0 fully saturated rings. The standard InChI is InChI=1S/C20H22F3N4OP/c1-11-14(7-6-8-16(11)20(21,22)23)12(2)25-19-15-9-18(29(4,5)28)24-10-17(15)26-13(3)27-19/h6-10,12H,1-5H3,(H,25,26,27). The van der Waals surface area contributed by atoms with Gasteiger partial charge in [-0.1, -0.05) is 12.1 Å². The highest BCUT2D eigenvalue weighted by molar-refractivity contribution is 7.69. The van der Waals surface area contributed by atoms with Crippen LogP contribution in [0.25, 0.3) is 10.9 Å². The third kappa shape index (κ3) is 4.42. The number of rotatable bonds is 4. The number of alkyl halides is 3. The third-order valence-corrected chi connectivity index (χ3v) is 6.08. The first-order valence-corrected chi connectivity index (χ1v) is 11.6. The van der Waals surface area contributed by atoms with Gasteiger partial charge in [0.1, 0.15) is 24.2 Å². The summed E-state index contributed by atoms with van der Waals surface area (Å²) in [6, 6.07) is 5.38. The molecule has 3 rings (SSSR count). The molecule has 0 bridgehead atoms. The van der Waals surface area contributed by atoms with Crippen molar-refractivity contribution in [2.75, 3.05) is 18.6 Å². The van der Waals surface area contributed by atoms with Gasteiger partial charge in [0.2, 0.25) is 0 Å². The summed E-state index contributed by atoms with van der Waals surface area (Å²) >= 11 is 0. The predicted molar refractivity (Wildman–Crippen MR) is 109 cm³/mol. The van der Waals surface area contributed by atoms with Crippen LogP contribution in [0.15, 0.2) is 30.5 Å². The Balaban J connectivity index is 2.07. The van der Waals surface area contributed by atoms with Crippen molar-refractivity contribution in [3.63, 3.8) is 0 Å². The van der Waals surface area contributed by atoms with Crippen molar-refractivity contribution < 1.29 is 17.7 Å². The molecular weight excluding hydrogens is 400 g/mol. The lowest BCUT2D eigenvalue weighted by atomic mass is 9.97. The maximum atomic E-state index is 13.3. The highest BCUT2D eigenvalue weighted by atomic mass is 31.2. The number of anilines is 1. The molecule has 0 aliphatic heterocycles. The van der Waals surface area contributed by atoms with E-state index in [0.717, 1.165) is 6.07 Å². The lowest BCUT2D eigenvalue weighted by molar-refractivity contribution is -0.138. The Bertz CT molecular complexity index is 1120. The Labute approximate surface area is 167 Å². The number of pyridine rings is 1. The van der Waals surface area contributed by atoms with Gasteiger partial charge >= 0.3 is 6.18 Å². The molecule has 0 aliphatic rings. The molecule has 2 aromatic heterocycles. The van der Waals surface area contributed by atoms with Crippen molar-refractivity contribution in [3.05, 3.63) is 53.0 Å². The molecule has 2 heterocycles. The third-order valence-electron chi connectivity index (χ3n) is 4.73. The van der Waals surface area contributed by atoms with Gasteiger partial charge in [0.25, 0.3) is 0 Å². The predicted octanol–water partition coefficient (Wildman–Crippen LogP) is 5.08. The van der Waals surface area contributed by atoms with Gasteiger partial charge in [-0.2, -0.15) is 13.2 Å². The summed E-state index contributed by atoms with van der Waals surface area (Å²) < 4.78 is 52.2. The fourth-order valence-electron chi connectivity index (χ4n) is 3.25. The van der Waals surface area contributed by atoms with Gasteiger partial charge in [-0.05, 0) is 57.4 Å². The second-order valence-corrected chi connectivity index (χ2v) is 10.6. The molecule has 154 valence electrons. The largest absolute Gasteiger partial charge is 0.416 e. The van der Waals surface area contributed by atoms with Crippen LogP contribution < -0.4 is 10.8 Å². The molecule has 1 aromatic carbocycles. The summed E-state index contributed by atoms with van der Waals surface area (Å²) in [6.45, 7) is 8.21. The van der Waals surface area contributed by atoms with E-state index in [1.54, 1.807) is 45.5 Å². The summed E-state index contributed by atoms with van der Waals surface area (Å²) in [6.07, 6.45) is -2.87. The van der Waals surface area contributed by atoms with E-state index in [1.807, 2.05) is 0 Å². The molecule has 0 saturated heterocycles. The first-order chi connectivity index (χ1) is 13.4. The normalized spacial score (nSPS) is 13.5. The average Bonchev–Trinajstić information content (AvgIpc) is 2.59. The smallest absolute Gasteiger partial charge is 0.363 e. The molecule has 0 saturated carbocycles. The van der Waals surface area contributed by atoms with Gasteiger partial charge in [0.15, 0.2) is 0 Å². The highest BCUT2D eigenvalue weighted by Crippen LogP contribution is 2.37. The van der Waals surface area contributed by atoms with Gasteiger partial charge < -0.3 is 9.88 Å². The van der Waals surface area contributed by atoms with Crippen LogP contribution in [0.4, 0.5) is 19.0 Å². The number of hydrogen-bond donors (Lipinski definition) is 1. The second kappa shape index (κ2) is 7.41. The Kier molecular flexibility index (Phi) is 5.43.